The molecule has 5 nitrogen and oxygen atoms in total. The lowest BCUT2D eigenvalue weighted by Gasteiger charge is -2.00. The lowest BCUT2D eigenvalue weighted by atomic mass is 10.1. The fourth-order valence-electron chi connectivity index (χ4n) is 2.00. The Labute approximate surface area is 111 Å². The third kappa shape index (κ3) is 2.78. The lowest BCUT2D eigenvalue weighted by molar-refractivity contribution is -0.142. The van der Waals surface area contributed by atoms with Crippen LogP contribution in [-0.4, -0.2) is 31.2 Å². The Morgan fingerprint density at radius 3 is 2.63 bits per heavy atom. The van der Waals surface area contributed by atoms with Gasteiger partial charge in [0.15, 0.2) is 0 Å². The maximum Gasteiger partial charge on any atom is 0.310 e. The number of aromatic nitrogens is 1. The van der Waals surface area contributed by atoms with Gasteiger partial charge in [0.25, 0.3) is 0 Å². The van der Waals surface area contributed by atoms with Gasteiger partial charge in [-0.25, -0.2) is 12.4 Å². The number of nitrogens with zero attached hydrogens (tertiary/aromatic N) is 1. The van der Waals surface area contributed by atoms with Crippen molar-refractivity contribution in [3.05, 3.63) is 36.0 Å². The highest BCUT2D eigenvalue weighted by Crippen LogP contribution is 2.23. The van der Waals surface area contributed by atoms with E-state index in [4.69, 9.17) is 4.74 Å². The first-order valence-corrected chi connectivity index (χ1v) is 7.73. The predicted octanol–water partition coefficient (Wildman–Crippen LogP) is 1.55. The summed E-state index contributed by atoms with van der Waals surface area (Å²) >= 11 is 0. The van der Waals surface area contributed by atoms with Gasteiger partial charge in [-0.3, -0.25) is 4.79 Å². The number of carbonyl (C=O) groups excluding carboxylic acids is 1. The first kappa shape index (κ1) is 13.6. The Hall–Kier alpha value is -1.82. The fraction of sp³-hybridized carbons (Fsp3) is 0.308. The average Bonchev–Trinajstić information content (AvgIpc) is 2.69. The SMILES string of the molecule is CCOC(=O)Cc1cn(S(C)(=O)=O)c2ccccc12. The number of benzene rings is 1. The minimum atomic E-state index is -3.39. The molecule has 19 heavy (non-hydrogen) atoms. The van der Waals surface area contributed by atoms with Gasteiger partial charge in [-0.1, -0.05) is 18.2 Å². The Kier molecular flexibility index (Phi) is 3.61. The van der Waals surface area contributed by atoms with Crippen LogP contribution in [-0.2, 0) is 26.0 Å². The largest absolute Gasteiger partial charge is 0.466 e. The summed E-state index contributed by atoms with van der Waals surface area (Å²) in [6, 6.07) is 7.08. The molecular weight excluding hydrogens is 266 g/mol. The van der Waals surface area contributed by atoms with Gasteiger partial charge in [-0.05, 0) is 18.6 Å². The van der Waals surface area contributed by atoms with Crippen LogP contribution in [0.3, 0.4) is 0 Å². The van der Waals surface area contributed by atoms with Gasteiger partial charge >= 0.3 is 5.97 Å². The van der Waals surface area contributed by atoms with Gasteiger partial charge in [0, 0.05) is 11.6 Å². The van der Waals surface area contributed by atoms with E-state index in [0.29, 0.717) is 17.7 Å². The fourth-order valence-corrected chi connectivity index (χ4v) is 2.84. The Balaban J connectivity index is 2.54. The molecular formula is C13H15NO4S. The van der Waals surface area contributed by atoms with E-state index >= 15 is 0 Å². The van der Waals surface area contributed by atoms with Crippen LogP contribution >= 0.6 is 0 Å². The zero-order chi connectivity index (χ0) is 14.0. The Bertz CT molecular complexity index is 715. The molecule has 2 rings (SSSR count). The predicted molar refractivity (Wildman–Crippen MR) is 72.5 cm³/mol. The molecule has 0 bridgehead atoms. The van der Waals surface area contributed by atoms with Crippen LogP contribution in [0.15, 0.2) is 30.5 Å². The van der Waals surface area contributed by atoms with E-state index in [-0.39, 0.29) is 12.4 Å². The molecule has 0 atom stereocenters. The molecule has 2 aromatic rings. The highest BCUT2D eigenvalue weighted by atomic mass is 32.2. The van der Waals surface area contributed by atoms with Gasteiger partial charge in [0.2, 0.25) is 10.0 Å². The second kappa shape index (κ2) is 5.05. The van der Waals surface area contributed by atoms with Crippen molar-refractivity contribution in [2.24, 2.45) is 0 Å². The van der Waals surface area contributed by atoms with E-state index < -0.39 is 10.0 Å². The van der Waals surface area contributed by atoms with E-state index in [1.54, 1.807) is 25.1 Å². The monoisotopic (exact) mass is 281 g/mol. The molecule has 0 N–H and O–H groups in total. The molecule has 0 amide bonds. The number of para-hydroxylation sites is 1. The molecule has 0 unspecified atom stereocenters. The summed E-state index contributed by atoms with van der Waals surface area (Å²) in [7, 11) is -3.39. The molecule has 0 saturated heterocycles. The lowest BCUT2D eigenvalue weighted by Crippen LogP contribution is -2.09. The topological polar surface area (TPSA) is 65.4 Å². The van der Waals surface area contributed by atoms with Crippen molar-refractivity contribution in [2.45, 2.75) is 13.3 Å². The molecule has 6 heteroatoms. The van der Waals surface area contributed by atoms with Gasteiger partial charge in [0.1, 0.15) is 0 Å². The van der Waals surface area contributed by atoms with Crippen LogP contribution in [0.1, 0.15) is 12.5 Å². The van der Waals surface area contributed by atoms with E-state index in [2.05, 4.69) is 0 Å². The van der Waals surface area contributed by atoms with Gasteiger partial charge in [-0.15, -0.1) is 0 Å². The van der Waals surface area contributed by atoms with Crippen molar-refractivity contribution in [3.8, 4) is 0 Å². The van der Waals surface area contributed by atoms with Crippen molar-refractivity contribution in [1.29, 1.82) is 0 Å². The normalized spacial score (nSPS) is 11.7. The number of esters is 1. The van der Waals surface area contributed by atoms with Gasteiger partial charge in [-0.2, -0.15) is 0 Å². The first-order chi connectivity index (χ1) is 8.93. The van der Waals surface area contributed by atoms with E-state index in [1.165, 1.54) is 10.2 Å². The van der Waals surface area contributed by atoms with Gasteiger partial charge in [0.05, 0.1) is 24.8 Å². The summed E-state index contributed by atoms with van der Waals surface area (Å²) in [5.74, 6) is -0.362. The molecule has 0 aliphatic heterocycles. The number of hydrogen-bond acceptors (Lipinski definition) is 4. The summed E-state index contributed by atoms with van der Waals surface area (Å²) in [5.41, 5.74) is 1.23. The van der Waals surface area contributed by atoms with E-state index in [1.807, 2.05) is 6.07 Å². The van der Waals surface area contributed by atoms with Crippen molar-refractivity contribution < 1.29 is 17.9 Å². The highest BCUT2D eigenvalue weighted by Gasteiger charge is 2.16. The first-order valence-electron chi connectivity index (χ1n) is 5.88. The van der Waals surface area contributed by atoms with Crippen LogP contribution < -0.4 is 0 Å². The molecule has 102 valence electrons. The van der Waals surface area contributed by atoms with Gasteiger partial charge < -0.3 is 4.74 Å². The van der Waals surface area contributed by atoms with Crippen LogP contribution in [0.25, 0.3) is 10.9 Å². The third-order valence-electron chi connectivity index (χ3n) is 2.76. The molecule has 1 aromatic carbocycles. The Morgan fingerprint density at radius 2 is 2.00 bits per heavy atom. The smallest absolute Gasteiger partial charge is 0.310 e. The minimum Gasteiger partial charge on any atom is -0.466 e. The molecule has 0 aliphatic carbocycles. The second-order valence-electron chi connectivity index (χ2n) is 4.21. The molecule has 0 fully saturated rings. The van der Waals surface area contributed by atoms with Crippen LogP contribution in [0, 0.1) is 0 Å². The molecule has 0 radical (unpaired) electrons. The summed E-state index contributed by atoms with van der Waals surface area (Å²) in [5, 5.41) is 0.751. The van der Waals surface area contributed by atoms with Crippen molar-refractivity contribution in [3.63, 3.8) is 0 Å². The molecule has 0 aliphatic rings. The number of fused-ring (bicyclic) bond motifs is 1. The zero-order valence-corrected chi connectivity index (χ0v) is 11.6. The van der Waals surface area contributed by atoms with Crippen LogP contribution in [0.5, 0.6) is 0 Å². The van der Waals surface area contributed by atoms with Crippen LogP contribution in [0.4, 0.5) is 0 Å². The summed E-state index contributed by atoms with van der Waals surface area (Å²) in [6.07, 6.45) is 2.68. The molecule has 1 aromatic heterocycles. The minimum absolute atomic E-state index is 0.0663. The summed E-state index contributed by atoms with van der Waals surface area (Å²) < 4.78 is 29.5. The third-order valence-corrected chi connectivity index (χ3v) is 3.77. The number of carbonyl (C=O) groups is 1. The molecule has 1 heterocycles. The van der Waals surface area contributed by atoms with E-state index in [9.17, 15) is 13.2 Å². The maximum absolute atomic E-state index is 11.7. The Morgan fingerprint density at radius 1 is 1.32 bits per heavy atom. The zero-order valence-electron chi connectivity index (χ0n) is 10.8. The quantitative estimate of drug-likeness (QED) is 0.798. The maximum atomic E-state index is 11.7. The number of rotatable bonds is 4. The summed E-state index contributed by atoms with van der Waals surface area (Å²) in [6.45, 7) is 2.04. The number of ether oxygens (including phenoxy) is 1. The standard InChI is InChI=1S/C13H15NO4S/c1-3-18-13(15)8-10-9-14(19(2,16)17)12-7-5-4-6-11(10)12/h4-7,9H,3,8H2,1-2H3. The molecule has 0 spiro atoms. The van der Waals surface area contributed by atoms with E-state index in [0.717, 1.165) is 11.6 Å². The second-order valence-corrected chi connectivity index (χ2v) is 6.07. The average molecular weight is 281 g/mol. The molecule has 0 saturated carbocycles. The number of hydrogen-bond donors (Lipinski definition) is 0. The van der Waals surface area contributed by atoms with Crippen molar-refractivity contribution in [2.75, 3.05) is 12.9 Å². The highest BCUT2D eigenvalue weighted by molar-refractivity contribution is 7.89. The summed E-state index contributed by atoms with van der Waals surface area (Å²) in [4.78, 5) is 11.5. The van der Waals surface area contributed by atoms with Crippen molar-refractivity contribution in [1.82, 2.24) is 3.97 Å². The van der Waals surface area contributed by atoms with Crippen molar-refractivity contribution >= 4 is 26.9 Å². The van der Waals surface area contributed by atoms with Crippen LogP contribution in [0.2, 0.25) is 0 Å².